The Labute approximate surface area is 105 Å². The van der Waals surface area contributed by atoms with Gasteiger partial charge < -0.3 is 0 Å². The summed E-state index contributed by atoms with van der Waals surface area (Å²) >= 11 is 5.99. The Kier molecular flexibility index (Phi) is 2.49. The number of rotatable bonds is 0. The van der Waals surface area contributed by atoms with Crippen molar-refractivity contribution in [3.63, 3.8) is 0 Å². The van der Waals surface area contributed by atoms with Crippen LogP contribution in [0.2, 0.25) is 5.02 Å². The summed E-state index contributed by atoms with van der Waals surface area (Å²) in [5.74, 6) is 0.249. The first-order valence-corrected chi connectivity index (χ1v) is 6.00. The maximum Gasteiger partial charge on any atom is 0.141 e. The summed E-state index contributed by atoms with van der Waals surface area (Å²) in [6.45, 7) is 0. The molecule has 0 fully saturated rings. The molecule has 0 aliphatic heterocycles. The highest BCUT2D eigenvalue weighted by Gasteiger charge is 2.18. The standard InChI is InChI=1S/C15H11ClO/c16-12-5-6-15-11(7-12)9-13(17)8-10-3-1-2-4-14(10)15/h1-7H,8-9H2. The number of carbonyl (C=O) groups is 1. The first-order valence-electron chi connectivity index (χ1n) is 5.62. The van der Waals surface area contributed by atoms with Crippen LogP contribution < -0.4 is 0 Å². The molecular weight excluding hydrogens is 232 g/mol. The number of hydrogen-bond acceptors (Lipinski definition) is 1. The summed E-state index contributed by atoms with van der Waals surface area (Å²) in [4.78, 5) is 11.9. The zero-order chi connectivity index (χ0) is 11.8. The van der Waals surface area contributed by atoms with E-state index in [1.165, 1.54) is 0 Å². The van der Waals surface area contributed by atoms with Crippen molar-refractivity contribution < 1.29 is 4.79 Å². The normalized spacial score (nSPS) is 13.8. The summed E-state index contributed by atoms with van der Waals surface area (Å²) in [7, 11) is 0. The fourth-order valence-corrected chi connectivity index (χ4v) is 2.59. The lowest BCUT2D eigenvalue weighted by Crippen LogP contribution is -2.03. The molecule has 84 valence electrons. The Hall–Kier alpha value is -1.60. The van der Waals surface area contributed by atoms with Crippen LogP contribution in [0.1, 0.15) is 11.1 Å². The van der Waals surface area contributed by atoms with Gasteiger partial charge in [0.2, 0.25) is 0 Å². The smallest absolute Gasteiger partial charge is 0.141 e. The molecule has 1 aliphatic carbocycles. The van der Waals surface area contributed by atoms with Crippen molar-refractivity contribution in [3.05, 3.63) is 58.6 Å². The van der Waals surface area contributed by atoms with E-state index in [1.807, 2.05) is 36.4 Å². The van der Waals surface area contributed by atoms with Crippen molar-refractivity contribution >= 4 is 17.4 Å². The maximum atomic E-state index is 11.9. The van der Waals surface area contributed by atoms with Gasteiger partial charge in [0.05, 0.1) is 0 Å². The SMILES string of the molecule is O=C1Cc2ccccc2-c2ccc(Cl)cc2C1. The molecule has 0 atom stereocenters. The third-order valence-electron chi connectivity index (χ3n) is 3.15. The average Bonchev–Trinajstić information content (AvgIpc) is 2.43. The topological polar surface area (TPSA) is 17.1 Å². The van der Waals surface area contributed by atoms with E-state index in [4.69, 9.17) is 11.6 Å². The van der Waals surface area contributed by atoms with Crippen molar-refractivity contribution in [1.29, 1.82) is 0 Å². The van der Waals surface area contributed by atoms with Gasteiger partial charge in [0.1, 0.15) is 5.78 Å². The lowest BCUT2D eigenvalue weighted by molar-refractivity contribution is -0.117. The van der Waals surface area contributed by atoms with Crippen LogP contribution >= 0.6 is 11.6 Å². The van der Waals surface area contributed by atoms with Crippen LogP contribution in [0.3, 0.4) is 0 Å². The molecule has 0 unspecified atom stereocenters. The second-order valence-corrected chi connectivity index (χ2v) is 4.79. The minimum absolute atomic E-state index is 0.249. The zero-order valence-electron chi connectivity index (χ0n) is 9.24. The summed E-state index contributed by atoms with van der Waals surface area (Å²) in [6, 6.07) is 13.9. The molecule has 0 spiro atoms. The fourth-order valence-electron chi connectivity index (χ4n) is 2.40. The Bertz CT molecular complexity index is 602. The second-order valence-electron chi connectivity index (χ2n) is 4.35. The Morgan fingerprint density at radius 1 is 0.882 bits per heavy atom. The minimum atomic E-state index is 0.249. The molecule has 0 saturated carbocycles. The highest BCUT2D eigenvalue weighted by atomic mass is 35.5. The average molecular weight is 243 g/mol. The van der Waals surface area contributed by atoms with Crippen molar-refractivity contribution in [2.24, 2.45) is 0 Å². The first-order chi connectivity index (χ1) is 8.24. The zero-order valence-corrected chi connectivity index (χ0v) is 10.00. The molecule has 0 saturated heterocycles. The second kappa shape index (κ2) is 4.01. The van der Waals surface area contributed by atoms with Gasteiger partial charge in [-0.1, -0.05) is 41.9 Å². The monoisotopic (exact) mass is 242 g/mol. The van der Waals surface area contributed by atoms with E-state index in [1.54, 1.807) is 0 Å². The van der Waals surface area contributed by atoms with Crippen LogP contribution in [-0.4, -0.2) is 5.78 Å². The Balaban J connectivity index is 2.29. The van der Waals surface area contributed by atoms with Crippen molar-refractivity contribution in [3.8, 4) is 11.1 Å². The molecule has 2 aromatic carbocycles. The number of benzene rings is 2. The van der Waals surface area contributed by atoms with Crippen LogP contribution in [0, 0.1) is 0 Å². The molecule has 2 heteroatoms. The Morgan fingerprint density at radius 3 is 2.47 bits per heavy atom. The molecule has 3 rings (SSSR count). The van der Waals surface area contributed by atoms with Crippen molar-refractivity contribution in [2.45, 2.75) is 12.8 Å². The molecule has 0 amide bonds. The van der Waals surface area contributed by atoms with Gasteiger partial charge in [0.15, 0.2) is 0 Å². The van der Waals surface area contributed by atoms with Gasteiger partial charge in [-0.3, -0.25) is 4.79 Å². The van der Waals surface area contributed by atoms with Gasteiger partial charge in [-0.2, -0.15) is 0 Å². The predicted molar refractivity (Wildman–Crippen MR) is 69.3 cm³/mol. The number of Topliss-reactive ketones (excluding diaryl/α,β-unsaturated/α-hetero) is 1. The lowest BCUT2D eigenvalue weighted by atomic mass is 9.97. The molecule has 0 aromatic heterocycles. The third-order valence-corrected chi connectivity index (χ3v) is 3.39. The fraction of sp³-hybridized carbons (Fsp3) is 0.133. The van der Waals surface area contributed by atoms with Gasteiger partial charge in [-0.15, -0.1) is 0 Å². The van der Waals surface area contributed by atoms with Gasteiger partial charge in [0, 0.05) is 17.9 Å². The summed E-state index contributed by atoms with van der Waals surface area (Å²) in [5.41, 5.74) is 4.44. The number of hydrogen-bond donors (Lipinski definition) is 0. The quantitative estimate of drug-likeness (QED) is 0.689. The summed E-state index contributed by atoms with van der Waals surface area (Å²) in [6.07, 6.45) is 0.993. The van der Waals surface area contributed by atoms with Gasteiger partial charge in [0.25, 0.3) is 0 Å². The Morgan fingerprint density at radius 2 is 1.59 bits per heavy atom. The number of carbonyl (C=O) groups excluding carboxylic acids is 1. The van der Waals surface area contributed by atoms with E-state index in [0.29, 0.717) is 17.9 Å². The van der Waals surface area contributed by atoms with Gasteiger partial charge in [-0.25, -0.2) is 0 Å². The molecule has 0 heterocycles. The molecule has 2 aromatic rings. The molecule has 0 radical (unpaired) electrons. The van der Waals surface area contributed by atoms with E-state index in [0.717, 1.165) is 22.3 Å². The number of ketones is 1. The third kappa shape index (κ3) is 1.87. The molecule has 0 bridgehead atoms. The summed E-state index contributed by atoms with van der Waals surface area (Å²) in [5, 5.41) is 0.691. The predicted octanol–water partition coefficient (Wildman–Crippen LogP) is 3.67. The van der Waals surface area contributed by atoms with E-state index in [-0.39, 0.29) is 5.78 Å². The van der Waals surface area contributed by atoms with Crippen molar-refractivity contribution in [1.82, 2.24) is 0 Å². The number of fused-ring (bicyclic) bond motifs is 3. The van der Waals surface area contributed by atoms with E-state index >= 15 is 0 Å². The highest BCUT2D eigenvalue weighted by molar-refractivity contribution is 6.30. The van der Waals surface area contributed by atoms with E-state index < -0.39 is 0 Å². The van der Waals surface area contributed by atoms with E-state index in [9.17, 15) is 4.79 Å². The van der Waals surface area contributed by atoms with Crippen LogP contribution in [0.15, 0.2) is 42.5 Å². The number of halogens is 1. The molecule has 1 aliphatic rings. The van der Waals surface area contributed by atoms with E-state index in [2.05, 4.69) is 6.07 Å². The highest BCUT2D eigenvalue weighted by Crippen LogP contribution is 2.32. The van der Waals surface area contributed by atoms with Crippen LogP contribution in [0.4, 0.5) is 0 Å². The molecule has 1 nitrogen and oxygen atoms in total. The van der Waals surface area contributed by atoms with Gasteiger partial charge in [-0.05, 0) is 34.4 Å². The maximum absolute atomic E-state index is 11.9. The van der Waals surface area contributed by atoms with Crippen molar-refractivity contribution in [2.75, 3.05) is 0 Å². The molecular formula is C15H11ClO. The summed E-state index contributed by atoms with van der Waals surface area (Å²) < 4.78 is 0. The first kappa shape index (κ1) is 10.5. The molecule has 0 N–H and O–H groups in total. The van der Waals surface area contributed by atoms with Gasteiger partial charge >= 0.3 is 0 Å². The largest absolute Gasteiger partial charge is 0.299 e. The molecule has 17 heavy (non-hydrogen) atoms. The van der Waals surface area contributed by atoms with Crippen LogP contribution in [-0.2, 0) is 17.6 Å². The minimum Gasteiger partial charge on any atom is -0.299 e. The van der Waals surface area contributed by atoms with Crippen LogP contribution in [0.5, 0.6) is 0 Å². The lowest BCUT2D eigenvalue weighted by Gasteiger charge is -2.08. The van der Waals surface area contributed by atoms with Crippen LogP contribution in [0.25, 0.3) is 11.1 Å².